The van der Waals surface area contributed by atoms with E-state index in [4.69, 9.17) is 24.1 Å². The Morgan fingerprint density at radius 1 is 0.774 bits per heavy atom. The predicted molar refractivity (Wildman–Crippen MR) is 109 cm³/mol. The highest BCUT2D eigenvalue weighted by molar-refractivity contribution is 5.02. The third-order valence-electron chi connectivity index (χ3n) is 5.38. The molecule has 0 radical (unpaired) electrons. The van der Waals surface area contributed by atoms with Crippen LogP contribution in [0.4, 0.5) is 0 Å². The molecule has 9 atom stereocenters. The quantitative estimate of drug-likeness (QED) is 0.228. The van der Waals surface area contributed by atoms with Crippen molar-refractivity contribution in [1.29, 1.82) is 0 Å². The molecule has 2 fully saturated rings. The minimum absolute atomic E-state index is 0.146. The van der Waals surface area contributed by atoms with Gasteiger partial charge in [0.15, 0.2) is 12.6 Å². The van der Waals surface area contributed by atoms with E-state index in [1.807, 2.05) is 26.8 Å². The van der Waals surface area contributed by atoms with Gasteiger partial charge in [0.05, 0.1) is 19.8 Å². The van der Waals surface area contributed by atoms with E-state index in [1.54, 1.807) is 0 Å². The summed E-state index contributed by atoms with van der Waals surface area (Å²) in [7, 11) is 0. The lowest BCUT2D eigenvalue weighted by Crippen LogP contribution is -2.59. The van der Waals surface area contributed by atoms with Gasteiger partial charge in [-0.1, -0.05) is 23.3 Å². The predicted octanol–water partition coefficient (Wildman–Crippen LogP) is -1.04. The van der Waals surface area contributed by atoms with E-state index in [1.165, 1.54) is 5.57 Å². The number of aliphatic hydroxyl groups is 6. The fourth-order valence-corrected chi connectivity index (χ4v) is 3.36. The van der Waals surface area contributed by atoms with E-state index >= 15 is 0 Å². The summed E-state index contributed by atoms with van der Waals surface area (Å²) in [5.74, 6) is 0. The maximum absolute atomic E-state index is 10.2. The molecule has 2 aliphatic heterocycles. The van der Waals surface area contributed by atoms with Gasteiger partial charge in [-0.25, -0.2) is 0 Å². The molecule has 0 bridgehead atoms. The second kappa shape index (κ2) is 12.4. The Morgan fingerprint density at radius 2 is 1.35 bits per heavy atom. The molecular formula is C21H36O10. The lowest BCUT2D eigenvalue weighted by molar-refractivity contribution is -0.308. The Balaban J connectivity index is 1.86. The van der Waals surface area contributed by atoms with E-state index in [-0.39, 0.29) is 13.2 Å². The first-order valence-corrected chi connectivity index (χ1v) is 10.5. The molecule has 0 unspecified atom stereocenters. The Bertz CT molecular complexity index is 605. The molecule has 0 aromatic rings. The second-order valence-corrected chi connectivity index (χ2v) is 8.26. The van der Waals surface area contributed by atoms with Gasteiger partial charge in [0.25, 0.3) is 0 Å². The Morgan fingerprint density at radius 3 is 1.97 bits per heavy atom. The van der Waals surface area contributed by atoms with Crippen LogP contribution in [0.3, 0.4) is 0 Å². The summed E-state index contributed by atoms with van der Waals surface area (Å²) >= 11 is 0. The molecule has 2 rings (SSSR count). The summed E-state index contributed by atoms with van der Waals surface area (Å²) in [6.07, 6.45) is -5.88. The molecule has 2 saturated heterocycles. The summed E-state index contributed by atoms with van der Waals surface area (Å²) < 4.78 is 21.7. The highest BCUT2D eigenvalue weighted by Gasteiger charge is 2.47. The van der Waals surface area contributed by atoms with Gasteiger partial charge < -0.3 is 49.6 Å². The van der Waals surface area contributed by atoms with Crippen LogP contribution in [-0.4, -0.2) is 106 Å². The Labute approximate surface area is 182 Å². The van der Waals surface area contributed by atoms with Crippen LogP contribution < -0.4 is 0 Å². The number of aliphatic hydroxyl groups excluding tert-OH is 6. The SMILES string of the molecule is CC(C)=CCC/C(C)=C/CO[C@H]1O[C@H](CO[C@@H]2O[C@H](CO)[C@@H](O)[C@@H]2O)[C@@H](O)[C@H](O)[C@H]1O. The number of rotatable bonds is 10. The second-order valence-electron chi connectivity index (χ2n) is 8.26. The lowest BCUT2D eigenvalue weighted by Gasteiger charge is -2.40. The molecule has 10 heteroatoms. The smallest absolute Gasteiger partial charge is 0.187 e. The number of hydrogen-bond donors (Lipinski definition) is 6. The van der Waals surface area contributed by atoms with Crippen molar-refractivity contribution in [3.8, 4) is 0 Å². The van der Waals surface area contributed by atoms with Gasteiger partial charge in [0, 0.05) is 0 Å². The standard InChI is InChI=1S/C21H36O10/c1-11(2)5-4-6-12(3)7-8-28-20-19(27)17(25)16(24)14(31-20)10-29-21-18(26)15(23)13(9-22)30-21/h5,7,13-27H,4,6,8-10H2,1-3H3/b12-7+/t13-,14-,15-,16-,17+,18+,19-,20+,21-/m1/s1. The molecule has 0 saturated carbocycles. The molecule has 6 N–H and O–H groups in total. The van der Waals surface area contributed by atoms with Gasteiger partial charge in [-0.2, -0.15) is 0 Å². The van der Waals surface area contributed by atoms with Gasteiger partial charge in [0.2, 0.25) is 0 Å². The average Bonchev–Trinajstić information content (AvgIpc) is 3.00. The zero-order valence-electron chi connectivity index (χ0n) is 18.2. The molecule has 2 aliphatic rings. The van der Waals surface area contributed by atoms with Crippen LogP contribution in [0.2, 0.25) is 0 Å². The fraction of sp³-hybridized carbons (Fsp3) is 0.810. The van der Waals surface area contributed by atoms with E-state index < -0.39 is 61.9 Å². The van der Waals surface area contributed by atoms with Crippen LogP contribution >= 0.6 is 0 Å². The van der Waals surface area contributed by atoms with Crippen molar-refractivity contribution in [2.45, 2.75) is 88.9 Å². The van der Waals surface area contributed by atoms with Crippen LogP contribution in [0.15, 0.2) is 23.3 Å². The van der Waals surface area contributed by atoms with Crippen LogP contribution in [0.5, 0.6) is 0 Å². The third kappa shape index (κ3) is 7.29. The molecule has 0 spiro atoms. The zero-order valence-corrected chi connectivity index (χ0v) is 18.2. The topological polar surface area (TPSA) is 158 Å². The maximum atomic E-state index is 10.2. The molecule has 2 heterocycles. The first-order chi connectivity index (χ1) is 14.6. The van der Waals surface area contributed by atoms with E-state index in [0.29, 0.717) is 0 Å². The van der Waals surface area contributed by atoms with Crippen LogP contribution in [-0.2, 0) is 18.9 Å². The molecule has 31 heavy (non-hydrogen) atoms. The molecule has 0 aromatic carbocycles. The van der Waals surface area contributed by atoms with Crippen LogP contribution in [0.25, 0.3) is 0 Å². The van der Waals surface area contributed by atoms with E-state index in [9.17, 15) is 25.5 Å². The molecular weight excluding hydrogens is 412 g/mol. The zero-order chi connectivity index (χ0) is 23.1. The van der Waals surface area contributed by atoms with Gasteiger partial charge in [-0.15, -0.1) is 0 Å². The summed E-state index contributed by atoms with van der Waals surface area (Å²) in [5, 5.41) is 59.3. The minimum atomic E-state index is -1.53. The minimum Gasteiger partial charge on any atom is -0.394 e. The normalized spacial score (nSPS) is 39.0. The van der Waals surface area contributed by atoms with Crippen LogP contribution in [0, 0.1) is 0 Å². The summed E-state index contributed by atoms with van der Waals surface area (Å²) in [5.41, 5.74) is 2.35. The fourth-order valence-electron chi connectivity index (χ4n) is 3.36. The van der Waals surface area contributed by atoms with Crippen molar-refractivity contribution in [3.63, 3.8) is 0 Å². The average molecular weight is 449 g/mol. The van der Waals surface area contributed by atoms with Crippen LogP contribution in [0.1, 0.15) is 33.6 Å². The van der Waals surface area contributed by atoms with E-state index in [0.717, 1.165) is 18.4 Å². The van der Waals surface area contributed by atoms with Crippen molar-refractivity contribution in [2.75, 3.05) is 19.8 Å². The Kier molecular flexibility index (Phi) is 10.5. The molecule has 0 aliphatic carbocycles. The Hall–Kier alpha value is -0.920. The summed E-state index contributed by atoms with van der Waals surface area (Å²) in [6.45, 7) is 5.38. The third-order valence-corrected chi connectivity index (χ3v) is 5.38. The first-order valence-electron chi connectivity index (χ1n) is 10.5. The lowest BCUT2D eigenvalue weighted by atomic mass is 9.99. The summed E-state index contributed by atoms with van der Waals surface area (Å²) in [4.78, 5) is 0. The molecule has 10 nitrogen and oxygen atoms in total. The maximum Gasteiger partial charge on any atom is 0.187 e. The largest absolute Gasteiger partial charge is 0.394 e. The number of ether oxygens (including phenoxy) is 4. The van der Waals surface area contributed by atoms with Crippen molar-refractivity contribution in [1.82, 2.24) is 0 Å². The molecule has 0 amide bonds. The first kappa shape index (κ1) is 26.3. The van der Waals surface area contributed by atoms with E-state index in [2.05, 4.69) is 6.08 Å². The van der Waals surface area contributed by atoms with Gasteiger partial charge >= 0.3 is 0 Å². The summed E-state index contributed by atoms with van der Waals surface area (Å²) in [6, 6.07) is 0. The molecule has 180 valence electrons. The number of allylic oxidation sites excluding steroid dienone is 3. The highest BCUT2D eigenvalue weighted by atomic mass is 16.7. The van der Waals surface area contributed by atoms with Crippen molar-refractivity contribution >= 4 is 0 Å². The van der Waals surface area contributed by atoms with Crippen molar-refractivity contribution in [3.05, 3.63) is 23.3 Å². The number of hydrogen-bond acceptors (Lipinski definition) is 10. The highest BCUT2D eigenvalue weighted by Crippen LogP contribution is 2.26. The van der Waals surface area contributed by atoms with Crippen molar-refractivity contribution in [2.24, 2.45) is 0 Å². The van der Waals surface area contributed by atoms with Crippen molar-refractivity contribution < 1.29 is 49.6 Å². The molecule has 0 aromatic heterocycles. The van der Waals surface area contributed by atoms with Gasteiger partial charge in [-0.3, -0.25) is 0 Å². The van der Waals surface area contributed by atoms with Gasteiger partial charge in [-0.05, 0) is 33.6 Å². The van der Waals surface area contributed by atoms with Gasteiger partial charge in [0.1, 0.15) is 42.7 Å². The monoisotopic (exact) mass is 448 g/mol.